The summed E-state index contributed by atoms with van der Waals surface area (Å²) in [6.45, 7) is 6.53. The number of nitrogens with two attached hydrogens (primary N) is 1. The predicted molar refractivity (Wildman–Crippen MR) is 82.2 cm³/mol. The highest BCUT2D eigenvalue weighted by Gasteiger charge is 2.43. The van der Waals surface area contributed by atoms with E-state index in [1.165, 1.54) is 37.8 Å². The molecule has 1 saturated carbocycles. The van der Waals surface area contributed by atoms with Crippen molar-refractivity contribution in [2.75, 3.05) is 13.1 Å². The molecule has 112 valence electrons. The molecule has 1 fully saturated rings. The molecule has 1 aromatic carbocycles. The van der Waals surface area contributed by atoms with Crippen LogP contribution in [0.3, 0.4) is 0 Å². The topological polar surface area (TPSA) is 29.3 Å². The highest BCUT2D eigenvalue weighted by molar-refractivity contribution is 5.19. The number of halogens is 1. The number of hydrogen-bond donors (Lipinski definition) is 1. The van der Waals surface area contributed by atoms with Crippen LogP contribution in [0.2, 0.25) is 0 Å². The van der Waals surface area contributed by atoms with E-state index < -0.39 is 0 Å². The first-order valence-corrected chi connectivity index (χ1v) is 7.87. The molecule has 0 saturated heterocycles. The average molecular weight is 278 g/mol. The van der Waals surface area contributed by atoms with Crippen molar-refractivity contribution in [3.63, 3.8) is 0 Å². The van der Waals surface area contributed by atoms with Crippen LogP contribution in [0.4, 0.5) is 4.39 Å². The Morgan fingerprint density at radius 2 is 1.70 bits per heavy atom. The van der Waals surface area contributed by atoms with E-state index >= 15 is 0 Å². The molecule has 0 radical (unpaired) electrons. The highest BCUT2D eigenvalue weighted by atomic mass is 19.1. The molecule has 2 nitrogen and oxygen atoms in total. The first-order valence-electron chi connectivity index (χ1n) is 7.87. The van der Waals surface area contributed by atoms with E-state index in [0.29, 0.717) is 0 Å². The van der Waals surface area contributed by atoms with Crippen molar-refractivity contribution >= 4 is 0 Å². The van der Waals surface area contributed by atoms with Crippen LogP contribution in [0.1, 0.15) is 45.1 Å². The largest absolute Gasteiger partial charge is 0.326 e. The van der Waals surface area contributed by atoms with E-state index in [0.717, 1.165) is 25.1 Å². The zero-order chi connectivity index (χ0) is 14.6. The van der Waals surface area contributed by atoms with Gasteiger partial charge in [-0.15, -0.1) is 0 Å². The Bertz CT molecular complexity index is 406. The van der Waals surface area contributed by atoms with Gasteiger partial charge in [-0.2, -0.15) is 0 Å². The molecule has 1 aliphatic rings. The third kappa shape index (κ3) is 3.04. The second-order valence-electron chi connectivity index (χ2n) is 5.92. The van der Waals surface area contributed by atoms with E-state index in [1.807, 2.05) is 12.1 Å². The van der Waals surface area contributed by atoms with Gasteiger partial charge in [0.05, 0.1) is 0 Å². The lowest BCUT2D eigenvalue weighted by atomic mass is 9.83. The van der Waals surface area contributed by atoms with Gasteiger partial charge in [0, 0.05) is 11.6 Å². The summed E-state index contributed by atoms with van der Waals surface area (Å²) in [4.78, 5) is 2.54. The number of benzene rings is 1. The number of nitrogens with zero attached hydrogens (tertiary/aromatic N) is 1. The SMILES string of the molecule is CCN(CC)C1(C(N)Cc2ccc(F)cc2)CCCC1. The zero-order valence-electron chi connectivity index (χ0n) is 12.7. The fourth-order valence-corrected chi connectivity index (χ4v) is 3.83. The molecule has 0 bridgehead atoms. The maximum absolute atomic E-state index is 13.0. The monoisotopic (exact) mass is 278 g/mol. The lowest BCUT2D eigenvalue weighted by molar-refractivity contribution is 0.0772. The van der Waals surface area contributed by atoms with E-state index in [1.54, 1.807) is 0 Å². The van der Waals surface area contributed by atoms with Crippen molar-refractivity contribution in [1.29, 1.82) is 0 Å². The quantitative estimate of drug-likeness (QED) is 0.864. The second-order valence-corrected chi connectivity index (χ2v) is 5.92. The minimum atomic E-state index is -0.179. The van der Waals surface area contributed by atoms with Gasteiger partial charge in [0.1, 0.15) is 5.82 Å². The standard InChI is InChI=1S/C17H27FN2/c1-3-20(4-2)17(11-5-6-12-17)16(19)13-14-7-9-15(18)10-8-14/h7-10,16H,3-6,11-13,19H2,1-2H3. The van der Waals surface area contributed by atoms with Gasteiger partial charge in [-0.1, -0.05) is 38.8 Å². The normalized spacial score (nSPS) is 19.4. The van der Waals surface area contributed by atoms with Crippen molar-refractivity contribution in [2.45, 2.75) is 57.5 Å². The lowest BCUT2D eigenvalue weighted by Crippen LogP contribution is -2.59. The maximum Gasteiger partial charge on any atom is 0.123 e. The summed E-state index contributed by atoms with van der Waals surface area (Å²) < 4.78 is 13.0. The minimum Gasteiger partial charge on any atom is -0.326 e. The summed E-state index contributed by atoms with van der Waals surface area (Å²) in [5, 5.41) is 0. The van der Waals surface area contributed by atoms with Gasteiger partial charge >= 0.3 is 0 Å². The Hall–Kier alpha value is -0.930. The molecule has 20 heavy (non-hydrogen) atoms. The Balaban J connectivity index is 2.14. The molecule has 2 rings (SSSR count). The van der Waals surface area contributed by atoms with Crippen LogP contribution in [-0.2, 0) is 6.42 Å². The van der Waals surface area contributed by atoms with E-state index in [2.05, 4.69) is 18.7 Å². The summed E-state index contributed by atoms with van der Waals surface area (Å²) in [5.41, 5.74) is 7.87. The van der Waals surface area contributed by atoms with Gasteiger partial charge in [-0.25, -0.2) is 4.39 Å². The summed E-state index contributed by atoms with van der Waals surface area (Å²) in [7, 11) is 0. The molecule has 1 unspecified atom stereocenters. The first kappa shape index (κ1) is 15.5. The summed E-state index contributed by atoms with van der Waals surface area (Å²) in [6, 6.07) is 6.90. The smallest absolute Gasteiger partial charge is 0.123 e. The Morgan fingerprint density at radius 3 is 2.20 bits per heavy atom. The molecular weight excluding hydrogens is 251 g/mol. The van der Waals surface area contributed by atoms with Gasteiger partial charge in [-0.05, 0) is 50.0 Å². The molecule has 0 heterocycles. The Labute approximate surface area is 122 Å². The summed E-state index contributed by atoms with van der Waals surface area (Å²) in [5.74, 6) is -0.179. The molecule has 1 aliphatic carbocycles. The van der Waals surface area contributed by atoms with Gasteiger partial charge in [0.25, 0.3) is 0 Å². The first-order chi connectivity index (χ1) is 9.62. The molecular formula is C17H27FN2. The summed E-state index contributed by atoms with van der Waals surface area (Å²) in [6.07, 6.45) is 5.76. The maximum atomic E-state index is 13.0. The van der Waals surface area contributed by atoms with Gasteiger partial charge in [0.2, 0.25) is 0 Å². The van der Waals surface area contributed by atoms with Crippen molar-refractivity contribution in [1.82, 2.24) is 4.90 Å². The van der Waals surface area contributed by atoms with Crippen molar-refractivity contribution in [3.05, 3.63) is 35.6 Å². The van der Waals surface area contributed by atoms with Crippen molar-refractivity contribution < 1.29 is 4.39 Å². The summed E-state index contributed by atoms with van der Waals surface area (Å²) >= 11 is 0. The molecule has 1 aromatic rings. The number of rotatable bonds is 6. The van der Waals surface area contributed by atoms with Crippen LogP contribution in [0, 0.1) is 5.82 Å². The lowest BCUT2D eigenvalue weighted by Gasteiger charge is -2.45. The number of likely N-dealkylation sites (N-methyl/N-ethyl adjacent to an activating group) is 1. The van der Waals surface area contributed by atoms with Crippen LogP contribution in [0.15, 0.2) is 24.3 Å². The molecule has 0 spiro atoms. The van der Waals surface area contributed by atoms with Crippen LogP contribution in [-0.4, -0.2) is 29.6 Å². The van der Waals surface area contributed by atoms with Gasteiger partial charge in [0.15, 0.2) is 0 Å². The zero-order valence-corrected chi connectivity index (χ0v) is 12.7. The molecule has 0 aliphatic heterocycles. The van der Waals surface area contributed by atoms with Crippen LogP contribution < -0.4 is 5.73 Å². The van der Waals surface area contributed by atoms with E-state index in [9.17, 15) is 4.39 Å². The fourth-order valence-electron chi connectivity index (χ4n) is 3.83. The highest BCUT2D eigenvalue weighted by Crippen LogP contribution is 2.38. The van der Waals surface area contributed by atoms with Crippen molar-refractivity contribution in [2.24, 2.45) is 5.73 Å². The molecule has 2 N–H and O–H groups in total. The Kier molecular flexibility index (Phi) is 5.17. The van der Waals surface area contributed by atoms with Crippen molar-refractivity contribution in [3.8, 4) is 0 Å². The third-order valence-electron chi connectivity index (χ3n) is 4.92. The third-order valence-corrected chi connectivity index (χ3v) is 4.92. The van der Waals surface area contributed by atoms with Crippen LogP contribution >= 0.6 is 0 Å². The van der Waals surface area contributed by atoms with Gasteiger partial charge in [-0.3, -0.25) is 4.90 Å². The predicted octanol–water partition coefficient (Wildman–Crippen LogP) is 3.35. The fraction of sp³-hybridized carbons (Fsp3) is 0.647. The van der Waals surface area contributed by atoms with E-state index in [4.69, 9.17) is 5.73 Å². The van der Waals surface area contributed by atoms with Crippen LogP contribution in [0.25, 0.3) is 0 Å². The Morgan fingerprint density at radius 1 is 1.15 bits per heavy atom. The molecule has 0 amide bonds. The number of hydrogen-bond acceptors (Lipinski definition) is 2. The van der Waals surface area contributed by atoms with Crippen LogP contribution in [0.5, 0.6) is 0 Å². The molecule has 0 aromatic heterocycles. The molecule has 3 heteroatoms. The van der Waals surface area contributed by atoms with Gasteiger partial charge < -0.3 is 5.73 Å². The second kappa shape index (κ2) is 6.68. The van der Waals surface area contributed by atoms with E-state index in [-0.39, 0.29) is 17.4 Å². The molecule has 1 atom stereocenters. The minimum absolute atomic E-state index is 0.121. The average Bonchev–Trinajstić information content (AvgIpc) is 2.93.